The molecule has 0 spiro atoms. The summed E-state index contributed by atoms with van der Waals surface area (Å²) < 4.78 is 0. The van der Waals surface area contributed by atoms with Crippen LogP contribution >= 0.6 is 0 Å². The highest BCUT2D eigenvalue weighted by Crippen LogP contribution is 2.40. The van der Waals surface area contributed by atoms with Gasteiger partial charge >= 0.3 is 0 Å². The summed E-state index contributed by atoms with van der Waals surface area (Å²) in [6.45, 7) is 15.9. The molecule has 1 aromatic rings. The van der Waals surface area contributed by atoms with Crippen LogP contribution in [0.15, 0.2) is 54.5 Å². The van der Waals surface area contributed by atoms with Gasteiger partial charge in [-0.1, -0.05) is 39.5 Å². The van der Waals surface area contributed by atoms with Gasteiger partial charge in [-0.3, -0.25) is 4.90 Å². The highest BCUT2D eigenvalue weighted by Gasteiger charge is 2.31. The first kappa shape index (κ1) is 20.0. The minimum Gasteiger partial charge on any atom is -0.508 e. The molecule has 4 rings (SSSR count). The summed E-state index contributed by atoms with van der Waals surface area (Å²) in [5.41, 5.74) is 8.54. The van der Waals surface area contributed by atoms with Crippen molar-refractivity contribution in [3.05, 3.63) is 76.7 Å². The van der Waals surface area contributed by atoms with Crippen LogP contribution < -0.4 is 0 Å². The Hall–Kier alpha value is -2.26. The highest BCUT2D eigenvalue weighted by molar-refractivity contribution is 5.77. The summed E-state index contributed by atoms with van der Waals surface area (Å²) in [5.74, 6) is 0.0945. The fourth-order valence-electron chi connectivity index (χ4n) is 5.06. The summed E-state index contributed by atoms with van der Waals surface area (Å²) in [4.78, 5) is 4.96. The van der Waals surface area contributed by atoms with Crippen LogP contribution in [0, 0.1) is 0 Å². The van der Waals surface area contributed by atoms with Gasteiger partial charge in [0, 0.05) is 35.6 Å². The van der Waals surface area contributed by atoms with E-state index >= 15 is 0 Å². The number of piperidine rings is 1. The fourth-order valence-corrected chi connectivity index (χ4v) is 5.06. The van der Waals surface area contributed by atoms with Gasteiger partial charge in [0.05, 0.1) is 0 Å². The number of likely N-dealkylation sites (tertiary alicyclic amines) is 1. The van der Waals surface area contributed by atoms with E-state index in [-0.39, 0.29) is 5.76 Å². The molecular formula is C26H34N2O. The second-order valence-corrected chi connectivity index (χ2v) is 8.69. The lowest BCUT2D eigenvalue weighted by Crippen LogP contribution is -2.37. The van der Waals surface area contributed by atoms with E-state index in [0.717, 1.165) is 37.0 Å². The summed E-state index contributed by atoms with van der Waals surface area (Å²) in [6.07, 6.45) is 11.4. The number of aryl methyl sites for hydroxylation is 1. The van der Waals surface area contributed by atoms with Gasteiger partial charge in [-0.2, -0.15) is 0 Å². The number of benzene rings is 1. The summed E-state index contributed by atoms with van der Waals surface area (Å²) in [7, 11) is 0. The Kier molecular flexibility index (Phi) is 5.69. The first-order chi connectivity index (χ1) is 14.0. The number of hydrogen-bond donors (Lipinski definition) is 1. The van der Waals surface area contributed by atoms with E-state index < -0.39 is 0 Å². The number of hydrogen-bond acceptors (Lipinski definition) is 3. The molecular weight excluding hydrogens is 356 g/mol. The topological polar surface area (TPSA) is 26.7 Å². The van der Waals surface area contributed by atoms with Gasteiger partial charge in [0.25, 0.3) is 0 Å². The number of rotatable bonds is 5. The number of fused-ring (bicyclic) bond motifs is 3. The second-order valence-electron chi connectivity index (χ2n) is 8.69. The lowest BCUT2D eigenvalue weighted by molar-refractivity contribution is 0.220. The summed E-state index contributed by atoms with van der Waals surface area (Å²) in [5, 5.41) is 9.98. The number of allylic oxidation sites excluding steroid dienone is 2. The molecule has 0 aliphatic carbocycles. The predicted molar refractivity (Wildman–Crippen MR) is 122 cm³/mol. The molecule has 3 aliphatic rings. The minimum absolute atomic E-state index is 0.0945. The third-order valence-electron chi connectivity index (χ3n) is 6.76. The van der Waals surface area contributed by atoms with Crippen LogP contribution in [0.1, 0.15) is 61.8 Å². The van der Waals surface area contributed by atoms with Crippen LogP contribution in [-0.4, -0.2) is 34.0 Å². The molecule has 3 aliphatic heterocycles. The molecule has 0 amide bonds. The zero-order valence-corrected chi connectivity index (χ0v) is 18.0. The maximum atomic E-state index is 9.98. The summed E-state index contributed by atoms with van der Waals surface area (Å²) >= 11 is 0. The van der Waals surface area contributed by atoms with Crippen molar-refractivity contribution in [2.24, 2.45) is 0 Å². The third-order valence-corrected chi connectivity index (χ3v) is 6.76. The van der Waals surface area contributed by atoms with E-state index in [1.54, 1.807) is 0 Å². The molecule has 1 N–H and O–H groups in total. The van der Waals surface area contributed by atoms with Crippen LogP contribution in [0.25, 0.3) is 5.70 Å². The Morgan fingerprint density at radius 2 is 1.90 bits per heavy atom. The van der Waals surface area contributed by atoms with Gasteiger partial charge in [0.1, 0.15) is 5.76 Å². The zero-order chi connectivity index (χ0) is 20.5. The molecule has 154 valence electrons. The Bertz CT molecular complexity index is 886. The third kappa shape index (κ3) is 3.81. The van der Waals surface area contributed by atoms with Crippen LogP contribution in [0.3, 0.4) is 0 Å². The van der Waals surface area contributed by atoms with E-state index in [1.807, 2.05) is 6.20 Å². The number of nitrogens with zero attached hydrogens (tertiary/aromatic N) is 2. The molecule has 1 aromatic carbocycles. The maximum Gasteiger partial charge on any atom is 0.117 e. The smallest absolute Gasteiger partial charge is 0.117 e. The average molecular weight is 391 g/mol. The van der Waals surface area contributed by atoms with Crippen LogP contribution in [0.2, 0.25) is 0 Å². The molecule has 3 heterocycles. The normalized spacial score (nSPS) is 21.9. The zero-order valence-electron chi connectivity index (χ0n) is 18.0. The Labute approximate surface area is 175 Å². The van der Waals surface area contributed by atoms with Crippen molar-refractivity contribution < 1.29 is 5.11 Å². The molecule has 0 aromatic heterocycles. The largest absolute Gasteiger partial charge is 0.508 e. The Morgan fingerprint density at radius 3 is 2.55 bits per heavy atom. The molecule has 1 fully saturated rings. The molecule has 1 unspecified atom stereocenters. The average Bonchev–Trinajstić information content (AvgIpc) is 2.72. The van der Waals surface area contributed by atoms with Crippen molar-refractivity contribution >= 4 is 5.70 Å². The standard InChI is InChI=1S/C26H34N2O/c1-5-20-15-24-21(13-22(20)16-27-10-8-7-9-11-27)14-23(6-2)28-17-25(19(4)29)18(3)12-26(24)28/h12-13,15,17,23,29H,3-11,14,16H2,1-2H3. The van der Waals surface area contributed by atoms with Crippen LogP contribution in [0.5, 0.6) is 0 Å². The Balaban J connectivity index is 1.73. The van der Waals surface area contributed by atoms with E-state index in [2.05, 4.69) is 55.0 Å². The van der Waals surface area contributed by atoms with E-state index in [9.17, 15) is 5.11 Å². The van der Waals surface area contributed by atoms with E-state index in [1.165, 1.54) is 60.3 Å². The van der Waals surface area contributed by atoms with Crippen LogP contribution in [-0.2, 0) is 19.4 Å². The van der Waals surface area contributed by atoms with Gasteiger partial charge < -0.3 is 10.0 Å². The van der Waals surface area contributed by atoms with Crippen molar-refractivity contribution in [3.8, 4) is 0 Å². The fraction of sp³-hybridized carbons (Fsp3) is 0.462. The molecule has 29 heavy (non-hydrogen) atoms. The Morgan fingerprint density at radius 1 is 1.14 bits per heavy atom. The molecule has 3 heteroatoms. The van der Waals surface area contributed by atoms with Gasteiger partial charge in [0.15, 0.2) is 0 Å². The van der Waals surface area contributed by atoms with Gasteiger partial charge in [-0.25, -0.2) is 0 Å². The van der Waals surface area contributed by atoms with Crippen molar-refractivity contribution in [1.82, 2.24) is 9.80 Å². The number of aliphatic hydroxyl groups is 1. The molecule has 1 saturated heterocycles. The lowest BCUT2D eigenvalue weighted by Gasteiger charge is -2.41. The van der Waals surface area contributed by atoms with Crippen molar-refractivity contribution in [2.45, 2.75) is 65.0 Å². The maximum absolute atomic E-state index is 9.98. The molecule has 3 nitrogen and oxygen atoms in total. The van der Waals surface area contributed by atoms with Crippen molar-refractivity contribution in [2.75, 3.05) is 13.1 Å². The van der Waals surface area contributed by atoms with Gasteiger partial charge in [0.2, 0.25) is 0 Å². The second kappa shape index (κ2) is 8.23. The summed E-state index contributed by atoms with van der Waals surface area (Å²) in [6, 6.07) is 5.29. The van der Waals surface area contributed by atoms with Crippen LogP contribution in [0.4, 0.5) is 0 Å². The van der Waals surface area contributed by atoms with Crippen molar-refractivity contribution in [3.63, 3.8) is 0 Å². The molecule has 1 atom stereocenters. The monoisotopic (exact) mass is 390 g/mol. The van der Waals surface area contributed by atoms with E-state index in [0.29, 0.717) is 6.04 Å². The highest BCUT2D eigenvalue weighted by atomic mass is 16.3. The first-order valence-electron chi connectivity index (χ1n) is 11.2. The molecule has 0 saturated carbocycles. The predicted octanol–water partition coefficient (Wildman–Crippen LogP) is 5.74. The van der Waals surface area contributed by atoms with E-state index in [4.69, 9.17) is 0 Å². The minimum atomic E-state index is 0.0945. The quantitative estimate of drug-likeness (QED) is 0.650. The van der Waals surface area contributed by atoms with Gasteiger partial charge in [-0.15, -0.1) is 0 Å². The molecule has 0 bridgehead atoms. The van der Waals surface area contributed by atoms with Crippen molar-refractivity contribution in [1.29, 1.82) is 0 Å². The van der Waals surface area contributed by atoms with Gasteiger partial charge in [-0.05, 0) is 79.6 Å². The number of aliphatic hydroxyl groups excluding tert-OH is 1. The first-order valence-corrected chi connectivity index (χ1v) is 11.2. The SMILES string of the molecule is C=C(O)C1=CN2C(=CC1=C)c1cc(CC)c(CN3CCCCC3)cc1CC2CC. The lowest BCUT2D eigenvalue weighted by atomic mass is 9.84. The molecule has 0 radical (unpaired) electrons.